The van der Waals surface area contributed by atoms with E-state index in [1.54, 1.807) is 30.3 Å². The number of fused-ring (bicyclic) bond motifs is 1. The molecule has 0 spiro atoms. The Morgan fingerprint density at radius 2 is 1.91 bits per heavy atom. The molecule has 110 valence electrons. The maximum absolute atomic E-state index is 12.3. The number of ether oxygens (including phenoxy) is 2. The van der Waals surface area contributed by atoms with Gasteiger partial charge in [0.15, 0.2) is 11.5 Å². The molecule has 5 heteroatoms. The van der Waals surface area contributed by atoms with Gasteiger partial charge in [-0.05, 0) is 36.8 Å². The van der Waals surface area contributed by atoms with Crippen molar-refractivity contribution in [2.45, 2.75) is 6.92 Å². The van der Waals surface area contributed by atoms with E-state index in [-0.39, 0.29) is 5.91 Å². The van der Waals surface area contributed by atoms with Gasteiger partial charge in [-0.25, -0.2) is 0 Å². The van der Waals surface area contributed by atoms with E-state index in [1.807, 2.05) is 19.1 Å². The van der Waals surface area contributed by atoms with Gasteiger partial charge < -0.3 is 14.8 Å². The second-order valence-electron chi connectivity index (χ2n) is 4.96. The third-order valence-corrected chi connectivity index (χ3v) is 3.39. The highest BCUT2D eigenvalue weighted by atomic mass is 16.6. The van der Waals surface area contributed by atoms with Crippen LogP contribution in [0.5, 0.6) is 11.5 Å². The van der Waals surface area contributed by atoms with Crippen LogP contribution in [0.3, 0.4) is 0 Å². The number of aryl methyl sites for hydroxylation is 1. The van der Waals surface area contributed by atoms with Gasteiger partial charge >= 0.3 is 0 Å². The highest BCUT2D eigenvalue weighted by Gasteiger charge is 2.16. The van der Waals surface area contributed by atoms with E-state index in [2.05, 4.69) is 5.32 Å². The molecule has 1 heterocycles. The zero-order valence-corrected chi connectivity index (χ0v) is 12.1. The average Bonchev–Trinajstić information content (AvgIpc) is 2.55. The zero-order valence-electron chi connectivity index (χ0n) is 12.1. The van der Waals surface area contributed by atoms with E-state index in [9.17, 15) is 4.79 Å². The topological polar surface area (TPSA) is 71.4 Å². The first-order chi connectivity index (χ1) is 10.7. The number of carbonyl (C=O) groups excluding carboxylic acids is 1. The average molecular weight is 294 g/mol. The molecule has 3 rings (SSSR count). The van der Waals surface area contributed by atoms with Crippen LogP contribution in [0.2, 0.25) is 0 Å². The van der Waals surface area contributed by atoms with Crippen LogP contribution in [-0.2, 0) is 0 Å². The van der Waals surface area contributed by atoms with Crippen molar-refractivity contribution in [1.82, 2.24) is 0 Å². The summed E-state index contributed by atoms with van der Waals surface area (Å²) in [5.41, 5.74) is 2.44. The van der Waals surface area contributed by atoms with Crippen LogP contribution in [0.1, 0.15) is 21.5 Å². The number of nitrogens with zero attached hydrogens (tertiary/aromatic N) is 1. The lowest BCUT2D eigenvalue weighted by Crippen LogP contribution is -2.17. The van der Waals surface area contributed by atoms with Crippen molar-refractivity contribution in [1.29, 1.82) is 5.26 Å². The van der Waals surface area contributed by atoms with Crippen LogP contribution in [0.25, 0.3) is 0 Å². The minimum absolute atomic E-state index is 0.267. The highest BCUT2D eigenvalue weighted by Crippen LogP contribution is 2.35. The van der Waals surface area contributed by atoms with Crippen LogP contribution in [0, 0.1) is 18.3 Å². The Labute approximate surface area is 128 Å². The van der Waals surface area contributed by atoms with E-state index in [4.69, 9.17) is 14.7 Å². The molecule has 2 aromatic carbocycles. The van der Waals surface area contributed by atoms with Crippen molar-refractivity contribution in [2.75, 3.05) is 18.5 Å². The summed E-state index contributed by atoms with van der Waals surface area (Å²) in [7, 11) is 0. The molecule has 0 aromatic heterocycles. The molecule has 0 atom stereocenters. The molecule has 0 unspecified atom stereocenters. The number of amides is 1. The number of hydrogen-bond donors (Lipinski definition) is 1. The Morgan fingerprint density at radius 1 is 1.18 bits per heavy atom. The van der Waals surface area contributed by atoms with Crippen LogP contribution in [0.15, 0.2) is 36.4 Å². The van der Waals surface area contributed by atoms with Gasteiger partial charge in [0.1, 0.15) is 13.2 Å². The fourth-order valence-electron chi connectivity index (χ4n) is 2.25. The van der Waals surface area contributed by atoms with E-state index in [0.29, 0.717) is 41.5 Å². The third-order valence-electron chi connectivity index (χ3n) is 3.39. The maximum atomic E-state index is 12.3. The van der Waals surface area contributed by atoms with Gasteiger partial charge in [-0.1, -0.05) is 6.07 Å². The standard InChI is InChI=1S/C17H14N2O3/c1-11-7-15-16(22-6-5-21-15)9-14(11)19-17(20)13-4-2-3-12(8-13)10-18/h2-4,7-9H,5-6H2,1H3,(H,19,20). The molecule has 5 nitrogen and oxygen atoms in total. The Kier molecular flexibility index (Phi) is 3.67. The number of rotatable bonds is 2. The number of nitrogens with one attached hydrogen (secondary N) is 1. The molecule has 0 radical (unpaired) electrons. The molecule has 1 aliphatic rings. The number of anilines is 1. The summed E-state index contributed by atoms with van der Waals surface area (Å²) in [6.45, 7) is 2.91. The number of benzene rings is 2. The van der Waals surface area contributed by atoms with Crippen molar-refractivity contribution in [2.24, 2.45) is 0 Å². The van der Waals surface area contributed by atoms with Gasteiger partial charge in [0, 0.05) is 17.3 Å². The molecule has 0 bridgehead atoms. The van der Waals surface area contributed by atoms with Gasteiger partial charge in [-0.15, -0.1) is 0 Å². The fourth-order valence-corrected chi connectivity index (χ4v) is 2.25. The lowest BCUT2D eigenvalue weighted by atomic mass is 10.1. The predicted octanol–water partition coefficient (Wildman–Crippen LogP) is 2.89. The molecule has 1 aliphatic heterocycles. The minimum Gasteiger partial charge on any atom is -0.486 e. The van der Waals surface area contributed by atoms with Crippen LogP contribution in [0.4, 0.5) is 5.69 Å². The number of hydrogen-bond acceptors (Lipinski definition) is 4. The van der Waals surface area contributed by atoms with E-state index < -0.39 is 0 Å². The smallest absolute Gasteiger partial charge is 0.255 e. The van der Waals surface area contributed by atoms with Crippen molar-refractivity contribution < 1.29 is 14.3 Å². The first-order valence-corrected chi connectivity index (χ1v) is 6.89. The second kappa shape index (κ2) is 5.78. The summed E-state index contributed by atoms with van der Waals surface area (Å²) in [6, 6.07) is 12.2. The van der Waals surface area contributed by atoms with Gasteiger partial charge in [0.05, 0.1) is 11.6 Å². The Morgan fingerprint density at radius 3 is 2.64 bits per heavy atom. The van der Waals surface area contributed by atoms with Crippen molar-refractivity contribution >= 4 is 11.6 Å². The van der Waals surface area contributed by atoms with Gasteiger partial charge in [0.2, 0.25) is 0 Å². The molecular weight excluding hydrogens is 280 g/mol. The van der Waals surface area contributed by atoms with Crippen molar-refractivity contribution in [3.63, 3.8) is 0 Å². The van der Waals surface area contributed by atoms with Crippen LogP contribution >= 0.6 is 0 Å². The van der Waals surface area contributed by atoms with Gasteiger partial charge in [-0.2, -0.15) is 5.26 Å². The summed E-state index contributed by atoms with van der Waals surface area (Å²) in [6.07, 6.45) is 0. The van der Waals surface area contributed by atoms with Gasteiger partial charge in [0.25, 0.3) is 5.91 Å². The minimum atomic E-state index is -0.267. The van der Waals surface area contributed by atoms with Gasteiger partial charge in [-0.3, -0.25) is 4.79 Å². The summed E-state index contributed by atoms with van der Waals surface area (Å²) in [5, 5.41) is 11.7. The molecule has 0 fully saturated rings. The van der Waals surface area contributed by atoms with E-state index in [0.717, 1.165) is 5.56 Å². The SMILES string of the molecule is Cc1cc2c(cc1NC(=O)c1cccc(C#N)c1)OCCO2. The fraction of sp³-hybridized carbons (Fsp3) is 0.176. The summed E-state index contributed by atoms with van der Waals surface area (Å²) >= 11 is 0. The molecule has 2 aromatic rings. The normalized spacial score (nSPS) is 12.4. The second-order valence-corrected chi connectivity index (χ2v) is 4.96. The molecule has 0 saturated heterocycles. The first kappa shape index (κ1) is 14.0. The molecule has 22 heavy (non-hydrogen) atoms. The lowest BCUT2D eigenvalue weighted by Gasteiger charge is -2.20. The maximum Gasteiger partial charge on any atom is 0.255 e. The zero-order chi connectivity index (χ0) is 15.5. The van der Waals surface area contributed by atoms with Crippen LogP contribution in [-0.4, -0.2) is 19.1 Å². The first-order valence-electron chi connectivity index (χ1n) is 6.89. The summed E-state index contributed by atoms with van der Waals surface area (Å²) in [4.78, 5) is 12.3. The molecular formula is C17H14N2O3. The highest BCUT2D eigenvalue weighted by molar-refractivity contribution is 6.05. The monoisotopic (exact) mass is 294 g/mol. The molecule has 1 amide bonds. The predicted molar refractivity (Wildman–Crippen MR) is 81.3 cm³/mol. The number of nitriles is 1. The van der Waals surface area contributed by atoms with E-state index >= 15 is 0 Å². The Hall–Kier alpha value is -3.00. The van der Waals surface area contributed by atoms with E-state index in [1.165, 1.54) is 0 Å². The molecule has 1 N–H and O–H groups in total. The lowest BCUT2D eigenvalue weighted by molar-refractivity contribution is 0.102. The summed E-state index contributed by atoms with van der Waals surface area (Å²) < 4.78 is 11.0. The number of carbonyl (C=O) groups is 1. The quantitative estimate of drug-likeness (QED) is 0.924. The van der Waals surface area contributed by atoms with Crippen molar-refractivity contribution in [3.05, 3.63) is 53.1 Å². The molecule has 0 aliphatic carbocycles. The molecule has 0 saturated carbocycles. The Balaban J connectivity index is 1.86. The largest absolute Gasteiger partial charge is 0.486 e. The van der Waals surface area contributed by atoms with Crippen molar-refractivity contribution in [3.8, 4) is 17.6 Å². The van der Waals surface area contributed by atoms with Crippen LogP contribution < -0.4 is 14.8 Å². The Bertz CT molecular complexity index is 778. The third kappa shape index (κ3) is 2.72. The summed E-state index contributed by atoms with van der Waals surface area (Å²) in [5.74, 6) is 1.04.